The molecule has 21 heavy (non-hydrogen) atoms. The fraction of sp³-hybridized carbons (Fsp3) is 0.462. The van der Waals surface area contributed by atoms with E-state index >= 15 is 0 Å². The normalized spacial score (nSPS) is 20.3. The molecule has 1 saturated heterocycles. The second-order valence-corrected chi connectivity index (χ2v) is 5.52. The molecule has 1 aliphatic rings. The van der Waals surface area contributed by atoms with Crippen LogP contribution in [0.3, 0.4) is 0 Å². The van der Waals surface area contributed by atoms with E-state index in [1.807, 2.05) is 0 Å². The van der Waals surface area contributed by atoms with Crippen LogP contribution in [0.4, 0.5) is 4.79 Å². The first-order valence-electron chi connectivity index (χ1n) is 6.35. The number of amides is 2. The maximum absolute atomic E-state index is 12.1. The maximum Gasteiger partial charge on any atom is 0.410 e. The van der Waals surface area contributed by atoms with Crippen molar-refractivity contribution in [2.75, 3.05) is 6.61 Å². The van der Waals surface area contributed by atoms with E-state index in [9.17, 15) is 14.7 Å². The Morgan fingerprint density at radius 3 is 2.86 bits per heavy atom. The summed E-state index contributed by atoms with van der Waals surface area (Å²) in [5.41, 5.74) is -0.247. The molecule has 0 bridgehead atoms. The molecule has 0 spiro atoms. The first-order chi connectivity index (χ1) is 9.81. The van der Waals surface area contributed by atoms with Crippen LogP contribution in [0.15, 0.2) is 18.3 Å². The van der Waals surface area contributed by atoms with Gasteiger partial charge in [-0.3, -0.25) is 9.69 Å². The molecule has 0 aromatic carbocycles. The van der Waals surface area contributed by atoms with Crippen molar-refractivity contribution >= 4 is 23.6 Å². The average Bonchev–Trinajstić information content (AvgIpc) is 2.73. The van der Waals surface area contributed by atoms with Gasteiger partial charge in [0.1, 0.15) is 16.9 Å². The Balaban J connectivity index is 2.00. The molecule has 0 aliphatic carbocycles. The van der Waals surface area contributed by atoms with Gasteiger partial charge in [0, 0.05) is 12.7 Å². The van der Waals surface area contributed by atoms with Crippen LogP contribution in [-0.4, -0.2) is 45.4 Å². The standard InChI is InChI=1S/C13H16ClN3O4/c1-13(2)17(12(19)20)9(7-21-13)11(18)16-6-8-3-4-10(14)15-5-8/h3-5,9H,6-7H2,1-2H3,(H,16,18)(H,19,20)/t9-/m0/s1. The minimum Gasteiger partial charge on any atom is -0.465 e. The number of hydrogen-bond acceptors (Lipinski definition) is 4. The highest BCUT2D eigenvalue weighted by Crippen LogP contribution is 2.27. The van der Waals surface area contributed by atoms with E-state index in [-0.39, 0.29) is 13.2 Å². The monoisotopic (exact) mass is 313 g/mol. The highest BCUT2D eigenvalue weighted by Gasteiger charge is 2.47. The van der Waals surface area contributed by atoms with Gasteiger partial charge in [-0.25, -0.2) is 9.78 Å². The Kier molecular flexibility index (Phi) is 4.34. The lowest BCUT2D eigenvalue weighted by Crippen LogP contribution is -2.52. The molecule has 8 heteroatoms. The van der Waals surface area contributed by atoms with E-state index in [4.69, 9.17) is 16.3 Å². The smallest absolute Gasteiger partial charge is 0.410 e. The lowest BCUT2D eigenvalue weighted by atomic mass is 10.2. The van der Waals surface area contributed by atoms with Gasteiger partial charge in [-0.1, -0.05) is 17.7 Å². The zero-order valence-electron chi connectivity index (χ0n) is 11.7. The van der Waals surface area contributed by atoms with Crippen LogP contribution >= 0.6 is 11.6 Å². The Morgan fingerprint density at radius 1 is 1.57 bits per heavy atom. The summed E-state index contributed by atoms with van der Waals surface area (Å²) in [6.45, 7) is 3.49. The molecule has 1 aliphatic heterocycles. The van der Waals surface area contributed by atoms with Gasteiger partial charge in [0.25, 0.3) is 0 Å². The maximum atomic E-state index is 12.1. The summed E-state index contributed by atoms with van der Waals surface area (Å²) in [5, 5.41) is 12.3. The zero-order valence-corrected chi connectivity index (χ0v) is 12.4. The molecular formula is C13H16ClN3O4. The van der Waals surface area contributed by atoms with Gasteiger partial charge in [0.2, 0.25) is 5.91 Å². The van der Waals surface area contributed by atoms with Gasteiger partial charge >= 0.3 is 6.09 Å². The van der Waals surface area contributed by atoms with Gasteiger partial charge in [0.05, 0.1) is 6.61 Å². The summed E-state index contributed by atoms with van der Waals surface area (Å²) in [6.07, 6.45) is 0.359. The second kappa shape index (κ2) is 5.87. The molecule has 0 unspecified atom stereocenters. The van der Waals surface area contributed by atoms with Crippen LogP contribution in [0.2, 0.25) is 5.15 Å². The Hall–Kier alpha value is -1.86. The molecule has 1 aromatic rings. The van der Waals surface area contributed by atoms with Gasteiger partial charge < -0.3 is 15.2 Å². The Morgan fingerprint density at radius 2 is 2.29 bits per heavy atom. The molecule has 2 heterocycles. The third-order valence-electron chi connectivity index (χ3n) is 3.25. The summed E-state index contributed by atoms with van der Waals surface area (Å²) in [7, 11) is 0. The summed E-state index contributed by atoms with van der Waals surface area (Å²) in [5.74, 6) is -0.405. The van der Waals surface area contributed by atoms with E-state index in [0.717, 1.165) is 10.5 Å². The van der Waals surface area contributed by atoms with Crippen LogP contribution < -0.4 is 5.32 Å². The lowest BCUT2D eigenvalue weighted by Gasteiger charge is -2.30. The SMILES string of the molecule is CC1(C)OC[C@@H](C(=O)NCc2ccc(Cl)nc2)N1C(=O)O. The summed E-state index contributed by atoms with van der Waals surface area (Å²) in [4.78, 5) is 28.4. The third-order valence-corrected chi connectivity index (χ3v) is 3.47. The molecule has 1 fully saturated rings. The van der Waals surface area contributed by atoms with Crippen LogP contribution in [0.25, 0.3) is 0 Å². The number of carboxylic acid groups (broad SMARTS) is 1. The Bertz CT molecular complexity index is 547. The molecule has 0 saturated carbocycles. The van der Waals surface area contributed by atoms with Crippen molar-refractivity contribution < 1.29 is 19.4 Å². The number of carbonyl (C=O) groups is 2. The minimum absolute atomic E-state index is 0.0317. The minimum atomic E-state index is -1.19. The van der Waals surface area contributed by atoms with Crippen molar-refractivity contribution in [3.63, 3.8) is 0 Å². The van der Waals surface area contributed by atoms with Gasteiger partial charge in [-0.2, -0.15) is 0 Å². The van der Waals surface area contributed by atoms with Crippen molar-refractivity contribution in [2.24, 2.45) is 0 Å². The van der Waals surface area contributed by atoms with Crippen LogP contribution in [0, 0.1) is 0 Å². The van der Waals surface area contributed by atoms with E-state index in [1.165, 1.54) is 0 Å². The summed E-state index contributed by atoms with van der Waals surface area (Å²) >= 11 is 5.68. The molecule has 1 aromatic heterocycles. The molecule has 0 radical (unpaired) electrons. The first-order valence-corrected chi connectivity index (χ1v) is 6.73. The summed E-state index contributed by atoms with van der Waals surface area (Å²) in [6, 6.07) is 2.49. The largest absolute Gasteiger partial charge is 0.465 e. The van der Waals surface area contributed by atoms with E-state index in [1.54, 1.807) is 32.2 Å². The van der Waals surface area contributed by atoms with Crippen molar-refractivity contribution in [1.29, 1.82) is 0 Å². The molecule has 7 nitrogen and oxygen atoms in total. The molecule has 2 amide bonds. The number of pyridine rings is 1. The second-order valence-electron chi connectivity index (χ2n) is 5.13. The third kappa shape index (κ3) is 3.43. The average molecular weight is 314 g/mol. The van der Waals surface area contributed by atoms with Crippen molar-refractivity contribution in [1.82, 2.24) is 15.2 Å². The number of carbonyl (C=O) groups excluding carboxylic acids is 1. The van der Waals surface area contributed by atoms with Crippen molar-refractivity contribution in [2.45, 2.75) is 32.2 Å². The molecular weight excluding hydrogens is 298 g/mol. The molecule has 2 rings (SSSR count). The highest BCUT2D eigenvalue weighted by molar-refractivity contribution is 6.29. The topological polar surface area (TPSA) is 91.8 Å². The first kappa shape index (κ1) is 15.5. The van der Waals surface area contributed by atoms with Crippen molar-refractivity contribution in [3.8, 4) is 0 Å². The molecule has 2 N–H and O–H groups in total. The van der Waals surface area contributed by atoms with Crippen LogP contribution in [0.1, 0.15) is 19.4 Å². The Labute approximate surface area is 126 Å². The number of nitrogens with one attached hydrogen (secondary N) is 1. The van der Waals surface area contributed by atoms with Crippen LogP contribution in [0.5, 0.6) is 0 Å². The predicted molar refractivity (Wildman–Crippen MR) is 74.8 cm³/mol. The zero-order chi connectivity index (χ0) is 15.6. The van der Waals surface area contributed by atoms with E-state index in [2.05, 4.69) is 10.3 Å². The quantitative estimate of drug-likeness (QED) is 0.824. The molecule has 114 valence electrons. The fourth-order valence-electron chi connectivity index (χ4n) is 2.18. The number of halogens is 1. The van der Waals surface area contributed by atoms with E-state index < -0.39 is 23.8 Å². The number of rotatable bonds is 3. The molecule has 1 atom stereocenters. The predicted octanol–water partition coefficient (Wildman–Crippen LogP) is 1.47. The van der Waals surface area contributed by atoms with E-state index in [0.29, 0.717) is 5.15 Å². The fourth-order valence-corrected chi connectivity index (χ4v) is 2.29. The van der Waals surface area contributed by atoms with Gasteiger partial charge in [-0.05, 0) is 25.5 Å². The number of ether oxygens (including phenoxy) is 1. The summed E-state index contributed by atoms with van der Waals surface area (Å²) < 4.78 is 5.37. The number of hydrogen-bond donors (Lipinski definition) is 2. The number of nitrogens with zero attached hydrogens (tertiary/aromatic N) is 2. The van der Waals surface area contributed by atoms with Gasteiger partial charge in [-0.15, -0.1) is 0 Å². The van der Waals surface area contributed by atoms with Crippen LogP contribution in [-0.2, 0) is 16.1 Å². The lowest BCUT2D eigenvalue weighted by molar-refractivity contribution is -0.125. The van der Waals surface area contributed by atoms with Gasteiger partial charge in [0.15, 0.2) is 0 Å². The highest BCUT2D eigenvalue weighted by atomic mass is 35.5. The van der Waals surface area contributed by atoms with Crippen molar-refractivity contribution in [3.05, 3.63) is 29.0 Å². The number of aromatic nitrogens is 1.